The lowest BCUT2D eigenvalue weighted by molar-refractivity contribution is -0.119. The Morgan fingerprint density at radius 1 is 1.28 bits per heavy atom. The van der Waals surface area contributed by atoms with E-state index in [0.717, 1.165) is 12.8 Å². The van der Waals surface area contributed by atoms with Crippen molar-refractivity contribution in [1.29, 1.82) is 0 Å². The first-order valence-electron chi connectivity index (χ1n) is 6.11. The molecule has 1 aromatic rings. The summed E-state index contributed by atoms with van der Waals surface area (Å²) in [4.78, 5) is 23.1. The number of esters is 1. The van der Waals surface area contributed by atoms with Crippen molar-refractivity contribution in [2.75, 3.05) is 12.4 Å². The molecular formula is C14H17NO3. The van der Waals surface area contributed by atoms with E-state index in [-0.39, 0.29) is 17.8 Å². The summed E-state index contributed by atoms with van der Waals surface area (Å²) in [5, 5.41) is 2.86. The van der Waals surface area contributed by atoms with Crippen molar-refractivity contribution in [2.24, 2.45) is 11.8 Å². The van der Waals surface area contributed by atoms with Crippen molar-refractivity contribution >= 4 is 17.6 Å². The van der Waals surface area contributed by atoms with Crippen LogP contribution in [0, 0.1) is 11.8 Å². The third-order valence-corrected chi connectivity index (χ3v) is 3.32. The lowest BCUT2D eigenvalue weighted by Gasteiger charge is -2.11. The Labute approximate surface area is 106 Å². The first-order chi connectivity index (χ1) is 8.61. The minimum Gasteiger partial charge on any atom is -0.465 e. The van der Waals surface area contributed by atoms with Crippen LogP contribution in [0.3, 0.4) is 0 Å². The standard InChI is InChI=1S/C14H17NO3/c1-9(10-3-4-10)13(16)15-12-7-5-11(6-8-12)14(17)18-2/h5-10H,3-4H2,1-2H3,(H,15,16). The maximum Gasteiger partial charge on any atom is 0.337 e. The van der Waals surface area contributed by atoms with Gasteiger partial charge in [-0.15, -0.1) is 0 Å². The molecule has 4 heteroatoms. The fourth-order valence-corrected chi connectivity index (χ4v) is 1.87. The van der Waals surface area contributed by atoms with Crippen molar-refractivity contribution in [1.82, 2.24) is 0 Å². The van der Waals surface area contributed by atoms with Crippen LogP contribution in [0.2, 0.25) is 0 Å². The number of amides is 1. The van der Waals surface area contributed by atoms with Gasteiger partial charge in [-0.3, -0.25) is 4.79 Å². The molecule has 0 heterocycles. The van der Waals surface area contributed by atoms with Gasteiger partial charge in [-0.25, -0.2) is 4.79 Å². The molecule has 1 atom stereocenters. The zero-order valence-electron chi connectivity index (χ0n) is 10.6. The molecule has 96 valence electrons. The number of methoxy groups -OCH3 is 1. The number of hydrogen-bond acceptors (Lipinski definition) is 3. The summed E-state index contributed by atoms with van der Waals surface area (Å²) in [5.41, 5.74) is 1.19. The van der Waals surface area contributed by atoms with E-state index in [2.05, 4.69) is 10.1 Å². The Morgan fingerprint density at radius 3 is 2.39 bits per heavy atom. The number of benzene rings is 1. The number of rotatable bonds is 4. The summed E-state index contributed by atoms with van der Waals surface area (Å²) >= 11 is 0. The Hall–Kier alpha value is -1.84. The molecule has 0 bridgehead atoms. The van der Waals surface area contributed by atoms with Crippen LogP contribution < -0.4 is 5.32 Å². The Morgan fingerprint density at radius 2 is 1.89 bits per heavy atom. The summed E-state index contributed by atoms with van der Waals surface area (Å²) in [6, 6.07) is 6.71. The molecule has 0 aromatic heterocycles. The highest BCUT2D eigenvalue weighted by atomic mass is 16.5. The Bertz CT molecular complexity index is 449. The number of hydrogen-bond donors (Lipinski definition) is 1. The van der Waals surface area contributed by atoms with Gasteiger partial charge in [0.05, 0.1) is 12.7 Å². The van der Waals surface area contributed by atoms with Crippen molar-refractivity contribution in [2.45, 2.75) is 19.8 Å². The summed E-state index contributed by atoms with van der Waals surface area (Å²) in [5.74, 6) is 0.271. The van der Waals surface area contributed by atoms with Gasteiger partial charge in [0.25, 0.3) is 0 Å². The molecule has 1 fully saturated rings. The smallest absolute Gasteiger partial charge is 0.337 e. The maximum absolute atomic E-state index is 11.9. The molecule has 1 amide bonds. The second kappa shape index (κ2) is 5.21. The molecule has 1 N–H and O–H groups in total. The van der Waals surface area contributed by atoms with E-state index < -0.39 is 0 Å². The Balaban J connectivity index is 1.97. The van der Waals surface area contributed by atoms with Gasteiger partial charge < -0.3 is 10.1 Å². The fourth-order valence-electron chi connectivity index (χ4n) is 1.87. The molecule has 0 radical (unpaired) electrons. The molecule has 1 aliphatic rings. The van der Waals surface area contributed by atoms with Crippen LogP contribution in [0.1, 0.15) is 30.1 Å². The normalized spacial score (nSPS) is 15.9. The SMILES string of the molecule is COC(=O)c1ccc(NC(=O)C(C)C2CC2)cc1. The predicted molar refractivity (Wildman–Crippen MR) is 68.3 cm³/mol. The zero-order valence-corrected chi connectivity index (χ0v) is 10.6. The van der Waals surface area contributed by atoms with Gasteiger partial charge in [-0.05, 0) is 43.0 Å². The van der Waals surface area contributed by atoms with Gasteiger partial charge in [-0.2, -0.15) is 0 Å². The largest absolute Gasteiger partial charge is 0.465 e. The van der Waals surface area contributed by atoms with Gasteiger partial charge in [-0.1, -0.05) is 6.92 Å². The van der Waals surface area contributed by atoms with Gasteiger partial charge in [0.15, 0.2) is 0 Å². The summed E-state index contributed by atoms with van der Waals surface area (Å²) in [7, 11) is 1.34. The predicted octanol–water partition coefficient (Wildman–Crippen LogP) is 2.46. The average molecular weight is 247 g/mol. The molecule has 2 rings (SSSR count). The highest BCUT2D eigenvalue weighted by Gasteiger charge is 2.32. The topological polar surface area (TPSA) is 55.4 Å². The summed E-state index contributed by atoms with van der Waals surface area (Å²) < 4.78 is 4.61. The van der Waals surface area contributed by atoms with Crippen LogP contribution in [-0.2, 0) is 9.53 Å². The first kappa shape index (κ1) is 12.6. The second-order valence-corrected chi connectivity index (χ2v) is 4.68. The third kappa shape index (κ3) is 2.88. The van der Waals surface area contributed by atoms with Crippen LogP contribution in [0.5, 0.6) is 0 Å². The Kier molecular flexibility index (Phi) is 3.65. The highest BCUT2D eigenvalue weighted by Crippen LogP contribution is 2.37. The van der Waals surface area contributed by atoms with Gasteiger partial charge in [0.2, 0.25) is 5.91 Å². The van der Waals surface area contributed by atoms with Gasteiger partial charge in [0, 0.05) is 11.6 Å². The quantitative estimate of drug-likeness (QED) is 0.831. The molecule has 4 nitrogen and oxygen atoms in total. The highest BCUT2D eigenvalue weighted by molar-refractivity contribution is 5.94. The number of ether oxygens (including phenoxy) is 1. The van der Waals surface area contributed by atoms with Crippen LogP contribution >= 0.6 is 0 Å². The molecule has 1 aromatic carbocycles. The molecule has 18 heavy (non-hydrogen) atoms. The van der Waals surface area contributed by atoms with E-state index in [4.69, 9.17) is 0 Å². The number of carbonyl (C=O) groups excluding carboxylic acids is 2. The van der Waals surface area contributed by atoms with E-state index in [0.29, 0.717) is 17.2 Å². The number of anilines is 1. The number of carbonyl (C=O) groups is 2. The monoisotopic (exact) mass is 247 g/mol. The lowest BCUT2D eigenvalue weighted by atomic mass is 10.1. The zero-order chi connectivity index (χ0) is 13.1. The molecule has 1 unspecified atom stereocenters. The minimum absolute atomic E-state index is 0.0447. The molecule has 1 saturated carbocycles. The fraction of sp³-hybridized carbons (Fsp3) is 0.429. The minimum atomic E-state index is -0.376. The van der Waals surface area contributed by atoms with Crippen LogP contribution in [0.25, 0.3) is 0 Å². The maximum atomic E-state index is 11.9. The van der Waals surface area contributed by atoms with Gasteiger partial charge >= 0.3 is 5.97 Å². The summed E-state index contributed by atoms with van der Waals surface area (Å²) in [6.45, 7) is 1.95. The van der Waals surface area contributed by atoms with Crippen LogP contribution in [0.15, 0.2) is 24.3 Å². The van der Waals surface area contributed by atoms with Crippen LogP contribution in [0.4, 0.5) is 5.69 Å². The molecule has 1 aliphatic carbocycles. The van der Waals surface area contributed by atoms with E-state index >= 15 is 0 Å². The third-order valence-electron chi connectivity index (χ3n) is 3.32. The lowest BCUT2D eigenvalue weighted by Crippen LogP contribution is -2.21. The van der Waals surface area contributed by atoms with Crippen molar-refractivity contribution in [3.63, 3.8) is 0 Å². The molecule has 0 aliphatic heterocycles. The van der Waals surface area contributed by atoms with E-state index in [1.54, 1.807) is 24.3 Å². The number of nitrogens with one attached hydrogen (secondary N) is 1. The first-order valence-corrected chi connectivity index (χ1v) is 6.11. The molecule has 0 spiro atoms. The van der Waals surface area contributed by atoms with Crippen LogP contribution in [-0.4, -0.2) is 19.0 Å². The average Bonchev–Trinajstić information content (AvgIpc) is 3.22. The van der Waals surface area contributed by atoms with Crippen molar-refractivity contribution < 1.29 is 14.3 Å². The van der Waals surface area contributed by atoms with Crippen molar-refractivity contribution in [3.05, 3.63) is 29.8 Å². The second-order valence-electron chi connectivity index (χ2n) is 4.68. The van der Waals surface area contributed by atoms with E-state index in [9.17, 15) is 9.59 Å². The molecule has 0 saturated heterocycles. The van der Waals surface area contributed by atoms with Crippen molar-refractivity contribution in [3.8, 4) is 0 Å². The summed E-state index contributed by atoms with van der Waals surface area (Å²) in [6.07, 6.45) is 2.30. The molecular weight excluding hydrogens is 230 g/mol. The van der Waals surface area contributed by atoms with E-state index in [1.165, 1.54) is 7.11 Å². The van der Waals surface area contributed by atoms with Gasteiger partial charge in [0.1, 0.15) is 0 Å². The van der Waals surface area contributed by atoms with E-state index in [1.807, 2.05) is 6.92 Å².